The minimum atomic E-state index is -0.647. The van der Waals surface area contributed by atoms with E-state index in [9.17, 15) is 24.3 Å². The Kier molecular flexibility index (Phi) is 6.93. The van der Waals surface area contributed by atoms with E-state index in [2.05, 4.69) is 38.5 Å². The molecule has 0 unspecified atom stereocenters. The molecule has 2 amide bonds. The van der Waals surface area contributed by atoms with Crippen LogP contribution in [-0.4, -0.2) is 41.7 Å². The zero-order valence-corrected chi connectivity index (χ0v) is 24.3. The number of carbonyl (C=O) groups is 4. The summed E-state index contributed by atoms with van der Waals surface area (Å²) in [5.41, 5.74) is 2.83. The third kappa shape index (κ3) is 4.25. The molecule has 0 spiro atoms. The summed E-state index contributed by atoms with van der Waals surface area (Å²) in [6, 6.07) is 14.5. The van der Waals surface area contributed by atoms with Gasteiger partial charge >= 0.3 is 0 Å². The summed E-state index contributed by atoms with van der Waals surface area (Å²) < 4.78 is 7.02. The van der Waals surface area contributed by atoms with E-state index in [-0.39, 0.29) is 47.5 Å². The molecule has 1 N–H and O–H groups in total. The summed E-state index contributed by atoms with van der Waals surface area (Å²) in [6.45, 7) is -0.112. The Balaban J connectivity index is 1.48. The van der Waals surface area contributed by atoms with Crippen molar-refractivity contribution in [1.29, 1.82) is 0 Å². The number of carbonyl (C=O) groups excluding carboxylic acids is 4. The summed E-state index contributed by atoms with van der Waals surface area (Å²) in [5, 5.41) is 9.37. The van der Waals surface area contributed by atoms with Crippen LogP contribution in [0.15, 0.2) is 81.9 Å². The highest BCUT2D eigenvalue weighted by molar-refractivity contribution is 14.1. The molecule has 0 radical (unpaired) electrons. The quantitative estimate of drug-likeness (QED) is 0.212. The normalized spacial score (nSPS) is 26.2. The minimum Gasteiger partial charge on any atom is -0.491 e. The molecular weight excluding hydrogens is 677 g/mol. The lowest BCUT2D eigenvalue weighted by atomic mass is 9.59. The number of para-hydroxylation sites is 1. The Labute approximate surface area is 246 Å². The van der Waals surface area contributed by atoms with E-state index in [0.717, 1.165) is 9.14 Å². The van der Waals surface area contributed by atoms with Crippen LogP contribution in [0.4, 0.5) is 5.69 Å². The first-order chi connectivity index (χ1) is 18.8. The first-order valence-electron chi connectivity index (χ1n) is 12.7. The Morgan fingerprint density at radius 1 is 1.00 bits per heavy atom. The van der Waals surface area contributed by atoms with Crippen LogP contribution in [0.3, 0.4) is 0 Å². The number of fused-ring (bicyclic) bond motifs is 3. The summed E-state index contributed by atoms with van der Waals surface area (Å²) in [4.78, 5) is 55.6. The van der Waals surface area contributed by atoms with Crippen LogP contribution < -0.4 is 9.64 Å². The van der Waals surface area contributed by atoms with Gasteiger partial charge in [0.25, 0.3) is 0 Å². The number of ketones is 2. The van der Waals surface area contributed by atoms with E-state index < -0.39 is 23.7 Å². The number of ether oxygens (including phenoxy) is 1. The number of rotatable bonds is 5. The molecule has 7 nitrogen and oxygen atoms in total. The summed E-state index contributed by atoms with van der Waals surface area (Å²) in [7, 11) is 0. The Morgan fingerprint density at radius 2 is 1.74 bits per heavy atom. The molecule has 3 aliphatic carbocycles. The van der Waals surface area contributed by atoms with E-state index >= 15 is 0 Å². The number of imide groups is 1. The molecule has 39 heavy (non-hydrogen) atoms. The van der Waals surface area contributed by atoms with Gasteiger partial charge in [-0.1, -0.05) is 29.8 Å². The zero-order valence-electron chi connectivity index (χ0n) is 20.6. The van der Waals surface area contributed by atoms with Crippen molar-refractivity contribution < 1.29 is 29.0 Å². The monoisotopic (exact) mass is 699 g/mol. The van der Waals surface area contributed by atoms with Gasteiger partial charge in [0.2, 0.25) is 11.8 Å². The van der Waals surface area contributed by atoms with Crippen LogP contribution in [-0.2, 0) is 19.2 Å². The number of anilines is 1. The third-order valence-corrected chi connectivity index (χ3v) is 9.30. The SMILES string of the molecule is O=C1C=C(Br)C(=O)C2=C1[C@@H](c1ccccc1OCCO)C1=CC[C@@H]3C(=O)N(c4ccc(I)cc4)C(=O)[C@@H]3[C@@H]1C2. The number of amides is 2. The fraction of sp³-hybridized carbons (Fsp3) is 0.267. The second-order valence-corrected chi connectivity index (χ2v) is 12.1. The molecule has 9 heteroatoms. The highest BCUT2D eigenvalue weighted by Gasteiger charge is 2.56. The smallest absolute Gasteiger partial charge is 0.238 e. The number of aliphatic hydroxyl groups excluding tert-OH is 1. The van der Waals surface area contributed by atoms with Crippen LogP contribution in [0.2, 0.25) is 0 Å². The maximum Gasteiger partial charge on any atom is 0.238 e. The Hall–Kier alpha value is -2.89. The maximum absolute atomic E-state index is 13.9. The van der Waals surface area contributed by atoms with Crippen molar-refractivity contribution >= 4 is 67.6 Å². The van der Waals surface area contributed by atoms with Gasteiger partial charge in [-0.3, -0.25) is 24.1 Å². The summed E-state index contributed by atoms with van der Waals surface area (Å²) in [5.74, 6) is -2.80. The van der Waals surface area contributed by atoms with Gasteiger partial charge in [-0.15, -0.1) is 0 Å². The zero-order chi connectivity index (χ0) is 27.4. The molecule has 198 valence electrons. The number of benzene rings is 2. The van der Waals surface area contributed by atoms with Gasteiger partial charge in [-0.05, 0) is 87.6 Å². The predicted octanol–water partition coefficient (Wildman–Crippen LogP) is 4.63. The highest BCUT2D eigenvalue weighted by atomic mass is 127. The van der Waals surface area contributed by atoms with Gasteiger partial charge in [-0.25, -0.2) is 0 Å². The van der Waals surface area contributed by atoms with Crippen LogP contribution in [0.25, 0.3) is 0 Å². The molecule has 6 rings (SSSR count). The van der Waals surface area contributed by atoms with E-state index in [1.54, 1.807) is 24.3 Å². The molecule has 1 saturated heterocycles. The lowest BCUT2D eigenvalue weighted by molar-refractivity contribution is -0.123. The average molecular weight is 700 g/mol. The van der Waals surface area contributed by atoms with E-state index in [0.29, 0.717) is 34.6 Å². The van der Waals surface area contributed by atoms with Gasteiger partial charge in [0.05, 0.1) is 28.6 Å². The van der Waals surface area contributed by atoms with E-state index in [4.69, 9.17) is 4.74 Å². The molecule has 0 saturated carbocycles. The van der Waals surface area contributed by atoms with Crippen molar-refractivity contribution in [2.24, 2.45) is 17.8 Å². The molecule has 0 bridgehead atoms. The fourth-order valence-corrected chi connectivity index (χ4v) is 7.22. The highest BCUT2D eigenvalue weighted by Crippen LogP contribution is 2.56. The predicted molar refractivity (Wildman–Crippen MR) is 155 cm³/mol. The average Bonchev–Trinajstić information content (AvgIpc) is 3.19. The number of hydrogen-bond donors (Lipinski definition) is 1. The molecule has 4 aliphatic rings. The number of allylic oxidation sites excluding steroid dienone is 6. The van der Waals surface area contributed by atoms with Gasteiger partial charge in [-0.2, -0.15) is 0 Å². The first kappa shape index (κ1) is 26.3. The molecule has 1 heterocycles. The Bertz CT molecular complexity index is 1520. The van der Waals surface area contributed by atoms with Gasteiger partial charge in [0.1, 0.15) is 12.4 Å². The number of nitrogens with zero attached hydrogens (tertiary/aromatic N) is 1. The fourth-order valence-electron chi connectivity index (χ4n) is 6.41. The summed E-state index contributed by atoms with van der Waals surface area (Å²) in [6.07, 6.45) is 3.85. The number of halogens is 2. The summed E-state index contributed by atoms with van der Waals surface area (Å²) >= 11 is 5.43. The topological polar surface area (TPSA) is 101 Å². The Morgan fingerprint density at radius 3 is 2.49 bits per heavy atom. The van der Waals surface area contributed by atoms with Crippen LogP contribution in [0, 0.1) is 21.3 Å². The van der Waals surface area contributed by atoms with Crippen molar-refractivity contribution in [2.45, 2.75) is 18.8 Å². The van der Waals surface area contributed by atoms with Gasteiger partial charge in [0, 0.05) is 32.3 Å². The van der Waals surface area contributed by atoms with Gasteiger partial charge in [0.15, 0.2) is 11.6 Å². The number of Topliss-reactive ketones (excluding diaryl/α,β-unsaturated/α-hetero) is 1. The van der Waals surface area contributed by atoms with Crippen LogP contribution in [0.1, 0.15) is 24.3 Å². The van der Waals surface area contributed by atoms with Crippen molar-refractivity contribution in [2.75, 3.05) is 18.1 Å². The number of hydrogen-bond acceptors (Lipinski definition) is 6. The molecular formula is C30H23BrINO6. The molecule has 0 aromatic heterocycles. The lowest BCUT2D eigenvalue weighted by Gasteiger charge is -2.42. The second kappa shape index (κ2) is 10.3. The van der Waals surface area contributed by atoms with Crippen molar-refractivity contribution in [3.05, 3.63) is 91.0 Å². The van der Waals surface area contributed by atoms with Crippen molar-refractivity contribution in [3.8, 4) is 5.75 Å². The third-order valence-electron chi connectivity index (χ3n) is 7.99. The largest absolute Gasteiger partial charge is 0.491 e. The van der Waals surface area contributed by atoms with E-state index in [1.165, 1.54) is 11.0 Å². The van der Waals surface area contributed by atoms with Gasteiger partial charge < -0.3 is 9.84 Å². The molecule has 4 atom stereocenters. The number of aliphatic hydroxyl groups is 1. The first-order valence-corrected chi connectivity index (χ1v) is 14.5. The molecule has 2 aromatic rings. The molecule has 1 fully saturated rings. The lowest BCUT2D eigenvalue weighted by Crippen LogP contribution is -2.39. The second-order valence-electron chi connectivity index (χ2n) is 9.99. The maximum atomic E-state index is 13.9. The van der Waals surface area contributed by atoms with E-state index in [1.807, 2.05) is 30.3 Å². The minimum absolute atomic E-state index is 0.0686. The van der Waals surface area contributed by atoms with Crippen molar-refractivity contribution in [3.63, 3.8) is 0 Å². The molecule has 1 aliphatic heterocycles. The molecule has 2 aromatic carbocycles. The van der Waals surface area contributed by atoms with Crippen molar-refractivity contribution in [1.82, 2.24) is 0 Å². The standard InChI is InChI=1S/C30H23BrINO6/c31-22-14-23(35)27-21(28(22)36)13-20-17(25(27)18-3-1-2-4-24(18)39-12-11-34)9-10-19-26(20)30(38)33(29(19)37)16-7-5-15(32)6-8-16/h1-9,14,19-20,25-26,34H,10-13H2/t19-,20+,25+,26-/m0/s1. The van der Waals surface area contributed by atoms with Crippen LogP contribution in [0.5, 0.6) is 5.75 Å². The van der Waals surface area contributed by atoms with Crippen LogP contribution >= 0.6 is 38.5 Å².